The summed E-state index contributed by atoms with van der Waals surface area (Å²) in [5.74, 6) is -2.08. The highest BCUT2D eigenvalue weighted by Gasteiger charge is 2.33. The van der Waals surface area contributed by atoms with E-state index in [1.54, 1.807) is 13.0 Å². The van der Waals surface area contributed by atoms with Crippen molar-refractivity contribution in [1.29, 1.82) is 5.26 Å². The Balaban J connectivity index is 1.98. The minimum atomic E-state index is -1.24. The van der Waals surface area contributed by atoms with Crippen molar-refractivity contribution in [1.82, 2.24) is 9.97 Å². The second-order valence-corrected chi connectivity index (χ2v) is 7.18. The number of nitrogens with zero attached hydrogens (tertiary/aromatic N) is 4. The van der Waals surface area contributed by atoms with E-state index in [2.05, 4.69) is 4.98 Å². The SMILES string of the molecule is CCOC(=O)[C@@H]1CCCN(c2nc3ccccc3nc2[C@@H](C#N)C(=O)OCCOC)C1. The molecule has 0 N–H and O–H groups in total. The van der Waals surface area contributed by atoms with Crippen molar-refractivity contribution in [3.05, 3.63) is 30.0 Å². The number of hydrogen-bond acceptors (Lipinski definition) is 9. The quantitative estimate of drug-likeness (QED) is 0.463. The number of fused-ring (bicyclic) bond motifs is 1. The van der Waals surface area contributed by atoms with E-state index in [0.717, 1.165) is 6.42 Å². The number of carbonyl (C=O) groups excluding carboxylic acids is 2. The summed E-state index contributed by atoms with van der Waals surface area (Å²) in [5.41, 5.74) is 1.45. The molecule has 9 heteroatoms. The number of anilines is 1. The van der Waals surface area contributed by atoms with Crippen LogP contribution in [-0.4, -0.2) is 61.9 Å². The summed E-state index contributed by atoms with van der Waals surface area (Å²) in [6.45, 7) is 3.38. The van der Waals surface area contributed by atoms with Gasteiger partial charge in [-0.25, -0.2) is 9.97 Å². The Labute approximate surface area is 180 Å². The predicted octanol–water partition coefficient (Wildman–Crippen LogP) is 2.21. The van der Waals surface area contributed by atoms with Gasteiger partial charge in [0.2, 0.25) is 0 Å². The van der Waals surface area contributed by atoms with Crippen LogP contribution in [0.5, 0.6) is 0 Å². The first kappa shape index (κ1) is 22.4. The van der Waals surface area contributed by atoms with E-state index in [4.69, 9.17) is 19.2 Å². The molecule has 3 rings (SSSR count). The zero-order valence-corrected chi connectivity index (χ0v) is 17.7. The van der Waals surface area contributed by atoms with Gasteiger partial charge in [0.15, 0.2) is 11.7 Å². The number of aromatic nitrogens is 2. The molecule has 1 aromatic carbocycles. The normalized spacial score (nSPS) is 17.1. The Morgan fingerprint density at radius 3 is 2.65 bits per heavy atom. The minimum absolute atomic E-state index is 0.0402. The number of piperidine rings is 1. The number of esters is 2. The molecular formula is C22H26N4O5. The van der Waals surface area contributed by atoms with E-state index in [1.165, 1.54) is 7.11 Å². The van der Waals surface area contributed by atoms with Crippen molar-refractivity contribution < 1.29 is 23.8 Å². The average Bonchev–Trinajstić information content (AvgIpc) is 2.79. The maximum Gasteiger partial charge on any atom is 0.329 e. The van der Waals surface area contributed by atoms with Gasteiger partial charge in [-0.05, 0) is 31.9 Å². The van der Waals surface area contributed by atoms with Gasteiger partial charge in [0.25, 0.3) is 0 Å². The first-order chi connectivity index (χ1) is 15.1. The average molecular weight is 426 g/mol. The van der Waals surface area contributed by atoms with Gasteiger partial charge in [-0.1, -0.05) is 12.1 Å². The molecule has 1 aromatic heterocycles. The molecule has 0 amide bonds. The van der Waals surface area contributed by atoms with Crippen LogP contribution < -0.4 is 4.90 Å². The molecule has 1 fully saturated rings. The lowest BCUT2D eigenvalue weighted by Gasteiger charge is -2.33. The summed E-state index contributed by atoms with van der Waals surface area (Å²) in [7, 11) is 1.50. The summed E-state index contributed by atoms with van der Waals surface area (Å²) in [6.07, 6.45) is 1.47. The molecule has 2 aromatic rings. The van der Waals surface area contributed by atoms with Crippen molar-refractivity contribution in [3.63, 3.8) is 0 Å². The molecule has 1 aliphatic heterocycles. The van der Waals surface area contributed by atoms with Gasteiger partial charge in [0.1, 0.15) is 12.3 Å². The summed E-state index contributed by atoms with van der Waals surface area (Å²) in [4.78, 5) is 36.1. The number of methoxy groups -OCH3 is 1. The summed E-state index contributed by atoms with van der Waals surface area (Å²) in [6, 6.07) is 9.27. The number of ether oxygens (including phenoxy) is 3. The van der Waals surface area contributed by atoms with Crippen LogP contribution in [0.1, 0.15) is 31.4 Å². The van der Waals surface area contributed by atoms with Crippen molar-refractivity contribution in [3.8, 4) is 6.07 Å². The third-order valence-corrected chi connectivity index (χ3v) is 5.09. The number of benzene rings is 1. The minimum Gasteiger partial charge on any atom is -0.466 e. The fraction of sp³-hybridized carbons (Fsp3) is 0.500. The Kier molecular flexibility index (Phi) is 7.73. The molecule has 0 aliphatic carbocycles. The van der Waals surface area contributed by atoms with Crippen molar-refractivity contribution in [2.75, 3.05) is 44.9 Å². The lowest BCUT2D eigenvalue weighted by atomic mass is 9.97. The maximum absolute atomic E-state index is 12.6. The van der Waals surface area contributed by atoms with Gasteiger partial charge in [-0.15, -0.1) is 0 Å². The lowest BCUT2D eigenvalue weighted by molar-refractivity contribution is -0.148. The molecular weight excluding hydrogens is 400 g/mol. The maximum atomic E-state index is 12.6. The van der Waals surface area contributed by atoms with Gasteiger partial charge in [-0.2, -0.15) is 5.26 Å². The highest BCUT2D eigenvalue weighted by Crippen LogP contribution is 2.31. The monoisotopic (exact) mass is 426 g/mol. The molecule has 1 aliphatic rings. The largest absolute Gasteiger partial charge is 0.466 e. The zero-order valence-electron chi connectivity index (χ0n) is 17.7. The zero-order chi connectivity index (χ0) is 22.2. The second-order valence-electron chi connectivity index (χ2n) is 7.18. The fourth-order valence-electron chi connectivity index (χ4n) is 3.59. The third kappa shape index (κ3) is 5.27. The van der Waals surface area contributed by atoms with E-state index in [0.29, 0.717) is 43.0 Å². The molecule has 9 nitrogen and oxygen atoms in total. The highest BCUT2D eigenvalue weighted by molar-refractivity contribution is 5.85. The van der Waals surface area contributed by atoms with Gasteiger partial charge >= 0.3 is 11.9 Å². The number of nitriles is 1. The smallest absolute Gasteiger partial charge is 0.329 e. The van der Waals surface area contributed by atoms with Gasteiger partial charge in [-0.3, -0.25) is 9.59 Å². The molecule has 31 heavy (non-hydrogen) atoms. The molecule has 0 spiro atoms. The third-order valence-electron chi connectivity index (χ3n) is 5.09. The summed E-state index contributed by atoms with van der Waals surface area (Å²) < 4.78 is 15.3. The Bertz CT molecular complexity index is 974. The van der Waals surface area contributed by atoms with Crippen LogP contribution >= 0.6 is 0 Å². The van der Waals surface area contributed by atoms with E-state index in [-0.39, 0.29) is 30.8 Å². The molecule has 2 heterocycles. The van der Waals surface area contributed by atoms with Crippen molar-refractivity contribution in [2.45, 2.75) is 25.7 Å². The van der Waals surface area contributed by atoms with E-state index >= 15 is 0 Å². The molecule has 2 atom stereocenters. The number of hydrogen-bond donors (Lipinski definition) is 0. The molecule has 1 saturated heterocycles. The van der Waals surface area contributed by atoms with E-state index < -0.39 is 11.9 Å². The molecule has 0 bridgehead atoms. The van der Waals surface area contributed by atoms with Crippen molar-refractivity contribution in [2.24, 2.45) is 5.92 Å². The highest BCUT2D eigenvalue weighted by atomic mass is 16.6. The van der Waals surface area contributed by atoms with Crippen LogP contribution in [-0.2, 0) is 23.8 Å². The molecule has 0 saturated carbocycles. The molecule has 0 radical (unpaired) electrons. The molecule has 164 valence electrons. The van der Waals surface area contributed by atoms with Crippen LogP contribution in [0.3, 0.4) is 0 Å². The van der Waals surface area contributed by atoms with Crippen molar-refractivity contribution >= 4 is 28.8 Å². The Morgan fingerprint density at radius 1 is 1.23 bits per heavy atom. The first-order valence-electron chi connectivity index (χ1n) is 10.3. The van der Waals surface area contributed by atoms with Gasteiger partial charge < -0.3 is 19.1 Å². The number of rotatable bonds is 8. The topological polar surface area (TPSA) is 115 Å². The first-order valence-corrected chi connectivity index (χ1v) is 10.3. The van der Waals surface area contributed by atoms with Crippen LogP contribution in [0.25, 0.3) is 11.0 Å². The standard InChI is InChI=1S/C22H26N4O5/c1-3-30-21(27)15-7-6-10-26(14-15)20-19(16(13-23)22(28)31-12-11-29-2)24-17-8-4-5-9-18(17)25-20/h4-5,8-9,15-16H,3,6-7,10-12,14H2,1-2H3/t15-,16-/m1/s1. The van der Waals surface area contributed by atoms with Crippen LogP contribution in [0, 0.1) is 17.2 Å². The van der Waals surface area contributed by atoms with Crippen LogP contribution in [0.15, 0.2) is 24.3 Å². The van der Waals surface area contributed by atoms with Gasteiger partial charge in [0.05, 0.1) is 36.2 Å². The van der Waals surface area contributed by atoms with E-state index in [9.17, 15) is 14.9 Å². The Morgan fingerprint density at radius 2 is 1.97 bits per heavy atom. The Hall–Kier alpha value is -3.25. The number of para-hydroxylation sites is 2. The predicted molar refractivity (Wildman–Crippen MR) is 112 cm³/mol. The van der Waals surface area contributed by atoms with Gasteiger partial charge in [0, 0.05) is 20.2 Å². The molecule has 0 unspecified atom stereocenters. The van der Waals surface area contributed by atoms with E-state index in [1.807, 2.05) is 29.2 Å². The van der Waals surface area contributed by atoms with Crippen LogP contribution in [0.4, 0.5) is 5.82 Å². The lowest BCUT2D eigenvalue weighted by Crippen LogP contribution is -2.40. The fourth-order valence-corrected chi connectivity index (χ4v) is 3.59. The summed E-state index contributed by atoms with van der Waals surface area (Å²) in [5, 5.41) is 9.77. The number of carbonyl (C=O) groups is 2. The van der Waals surface area contributed by atoms with Crippen LogP contribution in [0.2, 0.25) is 0 Å². The second kappa shape index (κ2) is 10.7. The summed E-state index contributed by atoms with van der Waals surface area (Å²) >= 11 is 0.